The second kappa shape index (κ2) is 8.47. The number of ketones is 1. The average molecular weight is 394 g/mol. The number of nitrogens with zero attached hydrogens (tertiary/aromatic N) is 2. The molecular formula is C23H26N2O4. The van der Waals surface area contributed by atoms with Gasteiger partial charge in [0.2, 0.25) is 11.7 Å². The minimum absolute atomic E-state index is 0.0920. The van der Waals surface area contributed by atoms with Gasteiger partial charge in [-0.2, -0.15) is 0 Å². The summed E-state index contributed by atoms with van der Waals surface area (Å²) >= 11 is 0. The number of carbonyl (C=O) groups is 3. The van der Waals surface area contributed by atoms with Gasteiger partial charge in [-0.05, 0) is 39.0 Å². The molecule has 2 heterocycles. The van der Waals surface area contributed by atoms with E-state index in [0.717, 1.165) is 22.6 Å². The Morgan fingerprint density at radius 2 is 1.90 bits per heavy atom. The zero-order valence-corrected chi connectivity index (χ0v) is 17.1. The molecule has 0 aliphatic carbocycles. The number of hydrogen-bond donors (Lipinski definition) is 0. The van der Waals surface area contributed by atoms with Crippen molar-refractivity contribution in [1.29, 1.82) is 0 Å². The first kappa shape index (κ1) is 20.6. The monoisotopic (exact) mass is 394 g/mol. The van der Waals surface area contributed by atoms with Crippen molar-refractivity contribution in [3.63, 3.8) is 0 Å². The van der Waals surface area contributed by atoms with Gasteiger partial charge in [-0.3, -0.25) is 14.4 Å². The van der Waals surface area contributed by atoms with Crippen molar-refractivity contribution < 1.29 is 19.1 Å². The minimum atomic E-state index is -0.565. The van der Waals surface area contributed by atoms with Crippen LogP contribution in [0.3, 0.4) is 0 Å². The fourth-order valence-electron chi connectivity index (χ4n) is 3.67. The Labute approximate surface area is 170 Å². The Balaban J connectivity index is 1.60. The summed E-state index contributed by atoms with van der Waals surface area (Å²) in [7, 11) is 0. The van der Waals surface area contributed by atoms with Crippen LogP contribution in [0.15, 0.2) is 43.0 Å². The fraction of sp³-hybridized carbons (Fsp3) is 0.348. The fourth-order valence-corrected chi connectivity index (χ4v) is 3.67. The van der Waals surface area contributed by atoms with Crippen LogP contribution < -0.4 is 4.90 Å². The van der Waals surface area contributed by atoms with Gasteiger partial charge in [-0.1, -0.05) is 23.8 Å². The number of aryl methyl sites for hydroxylation is 2. The van der Waals surface area contributed by atoms with Crippen molar-refractivity contribution in [3.8, 4) is 0 Å². The Bertz CT molecular complexity index is 956. The molecule has 29 heavy (non-hydrogen) atoms. The number of carbonyl (C=O) groups excluding carboxylic acids is 3. The van der Waals surface area contributed by atoms with Gasteiger partial charge in [-0.25, -0.2) is 0 Å². The van der Waals surface area contributed by atoms with E-state index < -0.39 is 11.9 Å². The van der Waals surface area contributed by atoms with Crippen LogP contribution in [-0.2, 0) is 20.9 Å². The van der Waals surface area contributed by atoms with Gasteiger partial charge in [0.05, 0.1) is 5.92 Å². The highest BCUT2D eigenvalue weighted by molar-refractivity contribution is 6.01. The molecule has 0 radical (unpaired) electrons. The maximum absolute atomic E-state index is 12.5. The van der Waals surface area contributed by atoms with Crippen molar-refractivity contribution in [2.75, 3.05) is 18.1 Å². The smallest absolute Gasteiger partial charge is 0.311 e. The van der Waals surface area contributed by atoms with Crippen LogP contribution in [0, 0.1) is 26.7 Å². The summed E-state index contributed by atoms with van der Waals surface area (Å²) in [6, 6.07) is 9.38. The Kier molecular flexibility index (Phi) is 6.01. The molecule has 3 rings (SSSR count). The molecule has 0 saturated carbocycles. The van der Waals surface area contributed by atoms with Crippen molar-refractivity contribution in [2.24, 2.45) is 5.92 Å². The standard InChI is InChI=1S/C23H26N2O4/c1-5-10-24-16(3)11-20(17(24)4)21(26)14-29-23(28)18-12-22(27)25(13-18)19-8-6-15(2)7-9-19/h5-9,11,18H,1,10,12-14H2,2-4H3/t18-/m0/s1. The quantitative estimate of drug-likeness (QED) is 0.410. The normalized spacial score (nSPS) is 16.2. The third-order valence-corrected chi connectivity index (χ3v) is 5.34. The van der Waals surface area contributed by atoms with Gasteiger partial charge in [-0.15, -0.1) is 6.58 Å². The first-order valence-corrected chi connectivity index (χ1v) is 9.66. The Morgan fingerprint density at radius 1 is 1.21 bits per heavy atom. The SMILES string of the molecule is C=CCn1c(C)cc(C(=O)COC(=O)[C@H]2CC(=O)N(c3ccc(C)cc3)C2)c1C. The second-order valence-electron chi connectivity index (χ2n) is 7.46. The van der Waals surface area contributed by atoms with Gasteiger partial charge in [0.15, 0.2) is 6.61 Å². The molecule has 1 fully saturated rings. The summed E-state index contributed by atoms with van der Waals surface area (Å²) in [5, 5.41) is 0. The van der Waals surface area contributed by atoms with Crippen molar-refractivity contribution in [3.05, 3.63) is 65.5 Å². The van der Waals surface area contributed by atoms with Crippen molar-refractivity contribution in [1.82, 2.24) is 4.57 Å². The summed E-state index contributed by atoms with van der Waals surface area (Å²) in [6.07, 6.45) is 1.86. The average Bonchev–Trinajstić information content (AvgIpc) is 3.22. The molecule has 2 aromatic rings. The van der Waals surface area contributed by atoms with E-state index in [2.05, 4.69) is 6.58 Å². The van der Waals surface area contributed by atoms with E-state index in [-0.39, 0.29) is 31.3 Å². The molecule has 1 aromatic heterocycles. The maximum atomic E-state index is 12.5. The third-order valence-electron chi connectivity index (χ3n) is 5.34. The highest BCUT2D eigenvalue weighted by Gasteiger charge is 2.36. The molecule has 0 bridgehead atoms. The molecule has 1 aliphatic rings. The lowest BCUT2D eigenvalue weighted by atomic mass is 10.1. The number of rotatable bonds is 7. The predicted molar refractivity (Wildman–Crippen MR) is 111 cm³/mol. The highest BCUT2D eigenvalue weighted by Crippen LogP contribution is 2.26. The summed E-state index contributed by atoms with van der Waals surface area (Å²) in [6.45, 7) is 10.0. The van der Waals surface area contributed by atoms with E-state index in [1.165, 1.54) is 0 Å². The minimum Gasteiger partial charge on any atom is -0.457 e. The molecule has 1 amide bonds. The summed E-state index contributed by atoms with van der Waals surface area (Å²) in [5.74, 6) is -1.44. The molecule has 6 heteroatoms. The molecule has 1 saturated heterocycles. The predicted octanol–water partition coefficient (Wildman–Crippen LogP) is 3.38. The lowest BCUT2D eigenvalue weighted by molar-refractivity contribution is -0.147. The van der Waals surface area contributed by atoms with Gasteiger partial charge in [0, 0.05) is 42.1 Å². The molecule has 0 N–H and O–H groups in total. The number of anilines is 1. The molecule has 0 spiro atoms. The van der Waals surface area contributed by atoms with Crippen molar-refractivity contribution >= 4 is 23.3 Å². The zero-order chi connectivity index (χ0) is 21.1. The summed E-state index contributed by atoms with van der Waals surface area (Å²) < 4.78 is 7.24. The second-order valence-corrected chi connectivity index (χ2v) is 7.46. The largest absolute Gasteiger partial charge is 0.457 e. The molecule has 0 unspecified atom stereocenters. The number of benzene rings is 1. The number of ether oxygens (including phenoxy) is 1. The first-order valence-electron chi connectivity index (χ1n) is 9.66. The van der Waals surface area contributed by atoms with Gasteiger partial charge >= 0.3 is 5.97 Å². The molecule has 6 nitrogen and oxygen atoms in total. The van der Waals surface area contributed by atoms with Crippen LogP contribution in [0.4, 0.5) is 5.69 Å². The van der Waals surface area contributed by atoms with E-state index in [1.807, 2.05) is 49.6 Å². The molecule has 152 valence electrons. The number of Topliss-reactive ketones (excluding diaryl/α,β-unsaturated/α-hetero) is 1. The van der Waals surface area contributed by atoms with Gasteiger partial charge < -0.3 is 14.2 Å². The van der Waals surface area contributed by atoms with E-state index in [4.69, 9.17) is 4.74 Å². The number of amides is 1. The maximum Gasteiger partial charge on any atom is 0.311 e. The Morgan fingerprint density at radius 3 is 2.55 bits per heavy atom. The summed E-state index contributed by atoms with van der Waals surface area (Å²) in [4.78, 5) is 38.9. The number of aromatic nitrogens is 1. The first-order chi connectivity index (χ1) is 13.8. The number of esters is 1. The van der Waals surface area contributed by atoms with Crippen LogP contribution in [0.1, 0.15) is 33.7 Å². The topological polar surface area (TPSA) is 68.6 Å². The van der Waals surface area contributed by atoms with Crippen LogP contribution in [0.25, 0.3) is 0 Å². The molecule has 1 aromatic carbocycles. The number of hydrogen-bond acceptors (Lipinski definition) is 4. The van der Waals surface area contributed by atoms with Gasteiger partial charge in [0.1, 0.15) is 0 Å². The Hall–Kier alpha value is -3.15. The van der Waals surface area contributed by atoms with E-state index in [9.17, 15) is 14.4 Å². The van der Waals surface area contributed by atoms with E-state index in [0.29, 0.717) is 12.1 Å². The third kappa shape index (κ3) is 4.31. The van der Waals surface area contributed by atoms with Crippen molar-refractivity contribution in [2.45, 2.75) is 33.7 Å². The van der Waals surface area contributed by atoms with Crippen LogP contribution in [0.2, 0.25) is 0 Å². The van der Waals surface area contributed by atoms with Crippen LogP contribution >= 0.6 is 0 Å². The van der Waals surface area contributed by atoms with Crippen LogP contribution in [0.5, 0.6) is 0 Å². The molecule has 1 aliphatic heterocycles. The molecular weight excluding hydrogens is 368 g/mol. The lowest BCUT2D eigenvalue weighted by Crippen LogP contribution is -2.27. The summed E-state index contributed by atoms with van der Waals surface area (Å²) in [5.41, 5.74) is 4.18. The highest BCUT2D eigenvalue weighted by atomic mass is 16.5. The van der Waals surface area contributed by atoms with Crippen LogP contribution in [-0.4, -0.2) is 35.4 Å². The van der Waals surface area contributed by atoms with Gasteiger partial charge in [0.25, 0.3) is 0 Å². The van der Waals surface area contributed by atoms with E-state index >= 15 is 0 Å². The zero-order valence-electron chi connectivity index (χ0n) is 17.1. The lowest BCUT2D eigenvalue weighted by Gasteiger charge is -2.16. The van der Waals surface area contributed by atoms with E-state index in [1.54, 1.807) is 17.0 Å². The number of allylic oxidation sites excluding steroid dienone is 1. The molecule has 1 atom stereocenters.